The summed E-state index contributed by atoms with van der Waals surface area (Å²) in [5.41, 5.74) is 2.35. The Balaban J connectivity index is 2.38. The molecule has 4 nitrogen and oxygen atoms in total. The minimum Gasteiger partial charge on any atom is -0.378 e. The normalized spacial score (nSPS) is 12.3. The van der Waals surface area contributed by atoms with Crippen LogP contribution in [0.15, 0.2) is 12.1 Å². The Kier molecular flexibility index (Phi) is 3.22. The molecule has 16 heavy (non-hydrogen) atoms. The van der Waals surface area contributed by atoms with Gasteiger partial charge in [0, 0.05) is 6.04 Å². The molecule has 0 radical (unpaired) electrons. The van der Waals surface area contributed by atoms with Crippen LogP contribution in [-0.2, 0) is 0 Å². The molecule has 1 aromatic heterocycles. The van der Waals surface area contributed by atoms with E-state index in [1.807, 2.05) is 13.0 Å². The Morgan fingerprint density at radius 3 is 3.12 bits per heavy atom. The van der Waals surface area contributed by atoms with Gasteiger partial charge in [-0.05, 0) is 19.1 Å². The first kappa shape index (κ1) is 11.1. The summed E-state index contributed by atoms with van der Waals surface area (Å²) < 4.78 is 8.33. The number of halogens is 1. The molecule has 1 atom stereocenters. The van der Waals surface area contributed by atoms with E-state index in [2.05, 4.69) is 20.1 Å². The fraction of sp³-hybridized carbons (Fsp3) is 0.300. The third kappa shape index (κ3) is 2.08. The predicted octanol–water partition coefficient (Wildman–Crippen LogP) is 3.06. The van der Waals surface area contributed by atoms with Crippen molar-refractivity contribution in [3.8, 4) is 6.07 Å². The number of nitrogens with zero attached hydrogens (tertiary/aromatic N) is 3. The molecule has 0 bridgehead atoms. The van der Waals surface area contributed by atoms with Crippen LogP contribution in [-0.4, -0.2) is 14.8 Å². The number of nitrogens with one attached hydrogen (secondary N) is 1. The van der Waals surface area contributed by atoms with E-state index < -0.39 is 0 Å². The van der Waals surface area contributed by atoms with Gasteiger partial charge in [0.2, 0.25) is 0 Å². The van der Waals surface area contributed by atoms with Crippen molar-refractivity contribution < 1.29 is 0 Å². The summed E-state index contributed by atoms with van der Waals surface area (Å²) in [5, 5.41) is 12.4. The van der Waals surface area contributed by atoms with Crippen molar-refractivity contribution in [2.24, 2.45) is 0 Å². The van der Waals surface area contributed by atoms with Crippen LogP contribution in [0.4, 0.5) is 5.69 Å². The number of rotatable bonds is 3. The van der Waals surface area contributed by atoms with E-state index in [1.165, 1.54) is 0 Å². The van der Waals surface area contributed by atoms with Crippen LogP contribution in [0.25, 0.3) is 11.0 Å². The van der Waals surface area contributed by atoms with Gasteiger partial charge in [-0.25, -0.2) is 0 Å². The summed E-state index contributed by atoms with van der Waals surface area (Å²) in [5.74, 6) is 0. The van der Waals surface area contributed by atoms with Crippen molar-refractivity contribution in [3.05, 3.63) is 17.2 Å². The molecule has 0 amide bonds. The molecule has 0 aliphatic rings. The van der Waals surface area contributed by atoms with Gasteiger partial charge in [-0.15, -0.1) is 0 Å². The molecule has 1 aromatic carbocycles. The molecule has 2 aromatic rings. The first-order valence-electron chi connectivity index (χ1n) is 4.76. The van der Waals surface area contributed by atoms with Crippen molar-refractivity contribution in [1.29, 1.82) is 5.26 Å². The van der Waals surface area contributed by atoms with Gasteiger partial charge in [-0.3, -0.25) is 0 Å². The molecule has 2 rings (SSSR count). The van der Waals surface area contributed by atoms with Gasteiger partial charge < -0.3 is 5.32 Å². The molecule has 0 fully saturated rings. The number of anilines is 1. The van der Waals surface area contributed by atoms with Gasteiger partial charge >= 0.3 is 0 Å². The average molecular weight is 253 g/mol. The fourth-order valence-electron chi connectivity index (χ4n) is 1.40. The zero-order valence-electron chi connectivity index (χ0n) is 8.57. The monoisotopic (exact) mass is 252 g/mol. The third-order valence-corrected chi connectivity index (χ3v) is 3.02. The summed E-state index contributed by atoms with van der Waals surface area (Å²) in [4.78, 5) is 0. The molecule has 1 unspecified atom stereocenters. The minimum absolute atomic E-state index is 0.0369. The fourth-order valence-corrected chi connectivity index (χ4v) is 2.15. The SMILES string of the molecule is CC(CC#N)Nc1c(Cl)ccc2nsnc12. The second-order valence-electron chi connectivity index (χ2n) is 3.46. The summed E-state index contributed by atoms with van der Waals surface area (Å²) >= 11 is 7.25. The molecule has 82 valence electrons. The van der Waals surface area contributed by atoms with E-state index in [9.17, 15) is 0 Å². The number of aromatic nitrogens is 2. The van der Waals surface area contributed by atoms with Crippen molar-refractivity contribution in [1.82, 2.24) is 8.75 Å². The van der Waals surface area contributed by atoms with Crippen LogP contribution in [0, 0.1) is 11.3 Å². The summed E-state index contributed by atoms with van der Waals surface area (Å²) in [7, 11) is 0. The van der Waals surface area contributed by atoms with Gasteiger partial charge in [0.05, 0.1) is 34.9 Å². The van der Waals surface area contributed by atoms with Crippen molar-refractivity contribution in [3.63, 3.8) is 0 Å². The smallest absolute Gasteiger partial charge is 0.129 e. The molecule has 0 aliphatic carbocycles. The Bertz CT molecular complexity index is 545. The molecule has 0 saturated heterocycles. The molecule has 1 N–H and O–H groups in total. The van der Waals surface area contributed by atoms with E-state index in [0.29, 0.717) is 11.4 Å². The number of fused-ring (bicyclic) bond motifs is 1. The van der Waals surface area contributed by atoms with E-state index in [4.69, 9.17) is 16.9 Å². The van der Waals surface area contributed by atoms with Crippen LogP contribution < -0.4 is 5.32 Å². The van der Waals surface area contributed by atoms with E-state index >= 15 is 0 Å². The molecule has 0 saturated carbocycles. The lowest BCUT2D eigenvalue weighted by molar-refractivity contribution is 0.822. The highest BCUT2D eigenvalue weighted by Gasteiger charge is 2.11. The second kappa shape index (κ2) is 4.64. The Morgan fingerprint density at radius 1 is 1.56 bits per heavy atom. The topological polar surface area (TPSA) is 61.6 Å². The van der Waals surface area contributed by atoms with Crippen LogP contribution in [0.1, 0.15) is 13.3 Å². The maximum atomic E-state index is 8.61. The summed E-state index contributed by atoms with van der Waals surface area (Å²) in [6, 6.07) is 5.77. The zero-order valence-corrected chi connectivity index (χ0v) is 10.1. The lowest BCUT2D eigenvalue weighted by Gasteiger charge is -2.13. The highest BCUT2D eigenvalue weighted by molar-refractivity contribution is 7.00. The summed E-state index contributed by atoms with van der Waals surface area (Å²) in [6.45, 7) is 1.93. The predicted molar refractivity (Wildman–Crippen MR) is 65.7 cm³/mol. The molecular weight excluding hydrogens is 244 g/mol. The maximum Gasteiger partial charge on any atom is 0.129 e. The maximum absolute atomic E-state index is 8.61. The lowest BCUT2D eigenvalue weighted by atomic mass is 10.2. The highest BCUT2D eigenvalue weighted by Crippen LogP contribution is 2.30. The Hall–Kier alpha value is -1.38. The molecule has 0 aliphatic heterocycles. The van der Waals surface area contributed by atoms with Crippen LogP contribution in [0.3, 0.4) is 0 Å². The van der Waals surface area contributed by atoms with Crippen molar-refractivity contribution in [2.75, 3.05) is 5.32 Å². The van der Waals surface area contributed by atoms with Crippen LogP contribution >= 0.6 is 23.3 Å². The Labute approximate surface area is 102 Å². The number of nitriles is 1. The third-order valence-electron chi connectivity index (χ3n) is 2.17. The first-order valence-corrected chi connectivity index (χ1v) is 5.87. The number of hydrogen-bond acceptors (Lipinski definition) is 5. The molecule has 0 spiro atoms. The van der Waals surface area contributed by atoms with Crippen LogP contribution in [0.5, 0.6) is 0 Å². The van der Waals surface area contributed by atoms with Gasteiger partial charge in [-0.2, -0.15) is 14.0 Å². The van der Waals surface area contributed by atoms with E-state index in [-0.39, 0.29) is 6.04 Å². The largest absolute Gasteiger partial charge is 0.378 e. The number of benzene rings is 1. The van der Waals surface area contributed by atoms with Crippen molar-refractivity contribution >= 4 is 40.0 Å². The van der Waals surface area contributed by atoms with Crippen LogP contribution in [0.2, 0.25) is 5.02 Å². The zero-order chi connectivity index (χ0) is 11.5. The molecule has 6 heteroatoms. The van der Waals surface area contributed by atoms with Gasteiger partial charge in [0.15, 0.2) is 0 Å². The second-order valence-corrected chi connectivity index (χ2v) is 4.40. The lowest BCUT2D eigenvalue weighted by Crippen LogP contribution is -2.14. The Morgan fingerprint density at radius 2 is 2.38 bits per heavy atom. The average Bonchev–Trinajstić information content (AvgIpc) is 2.71. The van der Waals surface area contributed by atoms with E-state index in [1.54, 1.807) is 6.07 Å². The summed E-state index contributed by atoms with van der Waals surface area (Å²) in [6.07, 6.45) is 0.421. The standard InChI is InChI=1S/C10H9ClN4S/c1-6(4-5-12)13-9-7(11)2-3-8-10(9)15-16-14-8/h2-3,6,13H,4H2,1H3. The van der Waals surface area contributed by atoms with Crippen molar-refractivity contribution in [2.45, 2.75) is 19.4 Å². The van der Waals surface area contributed by atoms with Gasteiger partial charge in [-0.1, -0.05) is 11.6 Å². The van der Waals surface area contributed by atoms with E-state index in [0.717, 1.165) is 28.4 Å². The first-order chi connectivity index (χ1) is 7.72. The quantitative estimate of drug-likeness (QED) is 0.912. The molecular formula is C10H9ClN4S. The molecule has 1 heterocycles. The van der Waals surface area contributed by atoms with Gasteiger partial charge in [0.1, 0.15) is 11.0 Å². The minimum atomic E-state index is 0.0369. The number of hydrogen-bond donors (Lipinski definition) is 1. The van der Waals surface area contributed by atoms with Gasteiger partial charge in [0.25, 0.3) is 0 Å². The highest BCUT2D eigenvalue weighted by atomic mass is 35.5.